The number of carbonyl (C=O) groups is 4. The van der Waals surface area contributed by atoms with E-state index in [2.05, 4.69) is 0 Å². The van der Waals surface area contributed by atoms with Crippen molar-refractivity contribution in [2.24, 2.45) is 16.2 Å². The summed E-state index contributed by atoms with van der Waals surface area (Å²) in [5, 5.41) is 17.5. The molecule has 2 N–H and O–H groups in total. The van der Waals surface area contributed by atoms with Gasteiger partial charge in [0.05, 0.1) is 13.2 Å². The quantitative estimate of drug-likeness (QED) is 0.357. The molecule has 0 atom stereocenters. The molecule has 206 valence electrons. The minimum atomic E-state index is -1.20. The smallest absolute Gasteiger partial charge is 0.310 e. The molecule has 34 heavy (non-hydrogen) atoms. The van der Waals surface area contributed by atoms with E-state index in [-0.39, 0.29) is 50.6 Å². The van der Waals surface area contributed by atoms with E-state index in [9.17, 15) is 24.3 Å². The van der Waals surface area contributed by atoms with Crippen LogP contribution in [-0.4, -0.2) is 66.1 Å². The minimum Gasteiger partial charge on any atom is -0.481 e. The average molecular weight is 495 g/mol. The summed E-state index contributed by atoms with van der Waals surface area (Å²) in [6.07, 6.45) is -0.372. The molecular formula is C26H54O8. The summed E-state index contributed by atoms with van der Waals surface area (Å²) < 4.78 is 9.86. The van der Waals surface area contributed by atoms with Gasteiger partial charge in [-0.1, -0.05) is 77.2 Å². The van der Waals surface area contributed by atoms with Crippen LogP contribution >= 0.6 is 0 Å². The standard InChI is InChI=1S/C9H18O3.C8H16O2.C7H12O3.2CH4/c1-9(2,3)8(10)7-12-6-5-11-4;1-7(2,3)6(9)8(4,5)10;1-7(2,3)5(8)4-6(9)10;;/h5-7H2,1-4H3;10H,1-5H3;4H2,1-3H3,(H,9,10);2*1H4. The Labute approximate surface area is 208 Å². The van der Waals surface area contributed by atoms with Gasteiger partial charge in [-0.15, -0.1) is 0 Å². The number of ketones is 3. The van der Waals surface area contributed by atoms with Crippen LogP contribution in [0.2, 0.25) is 0 Å². The van der Waals surface area contributed by atoms with Gasteiger partial charge >= 0.3 is 5.97 Å². The van der Waals surface area contributed by atoms with Crippen molar-refractivity contribution in [3.63, 3.8) is 0 Å². The van der Waals surface area contributed by atoms with Crippen LogP contribution in [0.3, 0.4) is 0 Å². The molecule has 0 aliphatic carbocycles. The van der Waals surface area contributed by atoms with Gasteiger partial charge in [0.1, 0.15) is 24.4 Å². The summed E-state index contributed by atoms with van der Waals surface area (Å²) in [6.45, 7) is 20.4. The number of carbonyl (C=O) groups excluding carboxylic acids is 3. The Morgan fingerprint density at radius 2 is 1.06 bits per heavy atom. The molecule has 0 spiro atoms. The van der Waals surface area contributed by atoms with Crippen LogP contribution in [0.15, 0.2) is 0 Å². The minimum absolute atomic E-state index is 0. The molecule has 0 rings (SSSR count). The lowest BCUT2D eigenvalue weighted by atomic mass is 9.82. The van der Waals surface area contributed by atoms with Crippen molar-refractivity contribution in [3.05, 3.63) is 0 Å². The molecule has 0 aliphatic rings. The summed E-state index contributed by atoms with van der Waals surface area (Å²) in [7, 11) is 1.61. The van der Waals surface area contributed by atoms with E-state index in [0.717, 1.165) is 0 Å². The van der Waals surface area contributed by atoms with Gasteiger partial charge in [-0.3, -0.25) is 19.2 Å². The highest BCUT2D eigenvalue weighted by atomic mass is 16.5. The highest BCUT2D eigenvalue weighted by Crippen LogP contribution is 2.22. The lowest BCUT2D eigenvalue weighted by Gasteiger charge is -2.25. The van der Waals surface area contributed by atoms with Crippen LogP contribution in [0.5, 0.6) is 0 Å². The van der Waals surface area contributed by atoms with Gasteiger partial charge in [-0.2, -0.15) is 0 Å². The molecule has 8 heteroatoms. The first-order valence-electron chi connectivity index (χ1n) is 10.6. The van der Waals surface area contributed by atoms with Gasteiger partial charge < -0.3 is 19.7 Å². The fourth-order valence-corrected chi connectivity index (χ4v) is 1.84. The molecular weight excluding hydrogens is 440 g/mol. The number of methoxy groups -OCH3 is 1. The summed E-state index contributed by atoms with van der Waals surface area (Å²) >= 11 is 0. The topological polar surface area (TPSA) is 127 Å². The maximum Gasteiger partial charge on any atom is 0.310 e. The second-order valence-electron chi connectivity index (χ2n) is 11.1. The van der Waals surface area contributed by atoms with Crippen LogP contribution in [0.1, 0.15) is 97.4 Å². The first-order valence-corrected chi connectivity index (χ1v) is 10.6. The Bertz CT molecular complexity index is 578. The number of Topliss-reactive ketones (excluding diaryl/α,β-unsaturated/α-hetero) is 3. The Kier molecular flexibility index (Phi) is 22.2. The molecule has 0 fully saturated rings. The molecule has 0 bridgehead atoms. The van der Waals surface area contributed by atoms with Crippen LogP contribution in [0.4, 0.5) is 0 Å². The largest absolute Gasteiger partial charge is 0.481 e. The third-order valence-electron chi connectivity index (χ3n) is 3.89. The number of hydrogen-bond donors (Lipinski definition) is 2. The SMILES string of the molecule is C.C.CC(C)(C)C(=O)C(C)(C)O.CC(C)(C)C(=O)CC(=O)O.COCCOCC(=O)C(C)(C)C. The zero-order chi connectivity index (χ0) is 26.6. The molecule has 0 amide bonds. The molecule has 0 saturated heterocycles. The second kappa shape index (κ2) is 17.7. The predicted molar refractivity (Wildman–Crippen MR) is 138 cm³/mol. The molecule has 0 heterocycles. The first kappa shape index (κ1) is 42.5. The molecule has 8 nitrogen and oxygen atoms in total. The Morgan fingerprint density at radius 3 is 1.24 bits per heavy atom. The molecule has 0 radical (unpaired) electrons. The fourth-order valence-electron chi connectivity index (χ4n) is 1.84. The van der Waals surface area contributed by atoms with Gasteiger partial charge in [-0.05, 0) is 13.8 Å². The average Bonchev–Trinajstić information content (AvgIpc) is 2.55. The van der Waals surface area contributed by atoms with E-state index >= 15 is 0 Å². The lowest BCUT2D eigenvalue weighted by molar-refractivity contribution is -0.143. The van der Waals surface area contributed by atoms with Gasteiger partial charge in [0.25, 0.3) is 0 Å². The van der Waals surface area contributed by atoms with Crippen molar-refractivity contribution in [3.8, 4) is 0 Å². The summed E-state index contributed by atoms with van der Waals surface area (Å²) in [5.41, 5.74) is -2.47. The molecule has 0 aromatic rings. The van der Waals surface area contributed by atoms with Crippen molar-refractivity contribution in [1.29, 1.82) is 0 Å². The van der Waals surface area contributed by atoms with Crippen molar-refractivity contribution in [2.45, 2.75) is 103 Å². The van der Waals surface area contributed by atoms with E-state index in [1.807, 2.05) is 20.8 Å². The maximum atomic E-state index is 11.3. The normalized spacial score (nSPS) is 11.3. The summed E-state index contributed by atoms with van der Waals surface area (Å²) in [6, 6.07) is 0. The molecule has 0 saturated carbocycles. The Balaban J connectivity index is -0.000000121. The van der Waals surface area contributed by atoms with Gasteiger partial charge in [0.15, 0.2) is 11.6 Å². The second-order valence-corrected chi connectivity index (χ2v) is 11.1. The van der Waals surface area contributed by atoms with Crippen molar-refractivity contribution < 1.29 is 38.9 Å². The number of ether oxygens (including phenoxy) is 2. The van der Waals surface area contributed by atoms with Crippen molar-refractivity contribution in [2.75, 3.05) is 26.9 Å². The zero-order valence-electron chi connectivity index (χ0n) is 22.2. The van der Waals surface area contributed by atoms with E-state index in [1.54, 1.807) is 48.7 Å². The first-order chi connectivity index (χ1) is 14.0. The number of rotatable bonds is 8. The third-order valence-corrected chi connectivity index (χ3v) is 3.89. The maximum absolute atomic E-state index is 11.3. The van der Waals surface area contributed by atoms with Gasteiger partial charge in [0.2, 0.25) is 0 Å². The van der Waals surface area contributed by atoms with E-state index < -0.39 is 22.4 Å². The van der Waals surface area contributed by atoms with Crippen molar-refractivity contribution >= 4 is 23.3 Å². The zero-order valence-corrected chi connectivity index (χ0v) is 22.2. The van der Waals surface area contributed by atoms with E-state index in [0.29, 0.717) is 13.2 Å². The Hall–Kier alpha value is -1.64. The van der Waals surface area contributed by atoms with Crippen LogP contribution in [-0.2, 0) is 28.7 Å². The summed E-state index contributed by atoms with van der Waals surface area (Å²) in [4.78, 5) is 43.4. The van der Waals surface area contributed by atoms with E-state index in [4.69, 9.17) is 14.6 Å². The highest BCUT2D eigenvalue weighted by Gasteiger charge is 2.33. The highest BCUT2D eigenvalue weighted by molar-refractivity contribution is 5.97. The summed E-state index contributed by atoms with van der Waals surface area (Å²) in [5.74, 6) is -1.29. The lowest BCUT2D eigenvalue weighted by Crippen LogP contribution is -2.40. The molecule has 0 aliphatic heterocycles. The third kappa shape index (κ3) is 25.0. The molecule has 0 aromatic carbocycles. The van der Waals surface area contributed by atoms with Crippen LogP contribution in [0.25, 0.3) is 0 Å². The number of aliphatic carboxylic acids is 1. The molecule has 0 aromatic heterocycles. The number of aliphatic hydroxyl groups is 1. The van der Waals surface area contributed by atoms with Crippen molar-refractivity contribution in [1.82, 2.24) is 0 Å². The monoisotopic (exact) mass is 494 g/mol. The van der Waals surface area contributed by atoms with Crippen LogP contribution in [0, 0.1) is 16.2 Å². The van der Waals surface area contributed by atoms with Crippen LogP contribution < -0.4 is 0 Å². The van der Waals surface area contributed by atoms with E-state index in [1.165, 1.54) is 13.8 Å². The molecule has 0 unspecified atom stereocenters. The fraction of sp³-hybridized carbons (Fsp3) is 0.846. The predicted octanol–water partition coefficient (Wildman–Crippen LogP) is 4.99. The number of carboxylic acids is 1. The van der Waals surface area contributed by atoms with Gasteiger partial charge in [-0.25, -0.2) is 0 Å². The van der Waals surface area contributed by atoms with Gasteiger partial charge in [0, 0.05) is 23.4 Å². The number of hydrogen-bond acceptors (Lipinski definition) is 7. The number of carboxylic acid groups (broad SMARTS) is 1. The Morgan fingerprint density at radius 1 is 0.676 bits per heavy atom.